The van der Waals surface area contributed by atoms with Gasteiger partial charge in [-0.2, -0.15) is 5.26 Å². The first-order valence-corrected chi connectivity index (χ1v) is 10.6. The number of hydrogen-bond acceptors (Lipinski definition) is 2. The smallest absolute Gasteiger partial charge is 0.0818 e. The molecule has 0 aromatic heterocycles. The van der Waals surface area contributed by atoms with Crippen molar-refractivity contribution in [1.82, 2.24) is 0 Å². The minimum Gasteiger partial charge on any atom is -0.197 e. The van der Waals surface area contributed by atoms with Crippen LogP contribution in [0.3, 0.4) is 0 Å². The number of benzene rings is 1. The molecule has 1 saturated carbocycles. The lowest BCUT2D eigenvalue weighted by atomic mass is 9.84. The van der Waals surface area contributed by atoms with Crippen molar-refractivity contribution in [3.63, 3.8) is 0 Å². The van der Waals surface area contributed by atoms with Crippen LogP contribution in [-0.2, 0) is 0 Å². The zero-order valence-corrected chi connectivity index (χ0v) is 19.1. The monoisotopic (exact) mass is 401 g/mol. The van der Waals surface area contributed by atoms with Crippen molar-refractivity contribution in [2.45, 2.75) is 53.4 Å². The molecule has 150 valence electrons. The molecule has 0 spiro atoms. The molecule has 0 radical (unpaired) electrons. The van der Waals surface area contributed by atoms with E-state index in [1.165, 1.54) is 16.7 Å². The summed E-state index contributed by atoms with van der Waals surface area (Å²) < 4.78 is 0. The van der Waals surface area contributed by atoms with Crippen LogP contribution in [0, 0.1) is 23.7 Å². The van der Waals surface area contributed by atoms with E-state index in [4.69, 9.17) is 12.2 Å². The highest BCUT2D eigenvalue weighted by atomic mass is 32.1. The molecule has 1 fully saturated rings. The second-order valence-corrected chi connectivity index (χ2v) is 8.55. The fourth-order valence-corrected chi connectivity index (χ4v) is 3.77. The van der Waals surface area contributed by atoms with Gasteiger partial charge in [-0.25, -0.2) is 0 Å². The zero-order chi connectivity index (χ0) is 21.8. The molecule has 0 amide bonds. The fourth-order valence-electron chi connectivity index (χ4n) is 3.54. The molecule has 1 aliphatic carbocycles. The highest BCUT2D eigenvalue weighted by Crippen LogP contribution is 2.51. The summed E-state index contributed by atoms with van der Waals surface area (Å²) in [6.45, 7) is 18.6. The van der Waals surface area contributed by atoms with E-state index < -0.39 is 0 Å². The number of nitrogens with zero attached hydrogens (tertiary/aromatic N) is 1. The lowest BCUT2D eigenvalue weighted by Crippen LogP contribution is -2.08. The Morgan fingerprint density at radius 3 is 2.41 bits per heavy atom. The molecule has 0 heterocycles. The summed E-state index contributed by atoms with van der Waals surface area (Å²) in [5.74, 6) is 0.357. The number of nitriles is 1. The van der Waals surface area contributed by atoms with E-state index in [2.05, 4.69) is 64.3 Å². The van der Waals surface area contributed by atoms with Crippen molar-refractivity contribution in [2.24, 2.45) is 5.41 Å². The van der Waals surface area contributed by atoms with Crippen LogP contribution >= 0.6 is 12.2 Å². The molecule has 29 heavy (non-hydrogen) atoms. The molecule has 2 heteroatoms. The quantitative estimate of drug-likeness (QED) is 0.192. The Morgan fingerprint density at radius 2 is 1.93 bits per heavy atom. The van der Waals surface area contributed by atoms with Crippen LogP contribution in [0.15, 0.2) is 66.8 Å². The molecule has 0 saturated heterocycles. The Balaban J connectivity index is 2.63. The van der Waals surface area contributed by atoms with E-state index in [9.17, 15) is 5.26 Å². The molecule has 1 aliphatic rings. The molecule has 0 aliphatic heterocycles. The maximum absolute atomic E-state index is 9.45. The molecule has 1 aromatic carbocycles. The van der Waals surface area contributed by atoms with Crippen molar-refractivity contribution in [3.8, 4) is 6.07 Å². The summed E-state index contributed by atoms with van der Waals surface area (Å²) in [5, 5.41) is 9.45. The summed E-state index contributed by atoms with van der Waals surface area (Å²) in [6, 6.07) is 6.85. The molecule has 0 N–H and O–H groups in total. The number of aryl methyl sites for hydroxylation is 1. The van der Waals surface area contributed by atoms with Crippen LogP contribution < -0.4 is 0 Å². The van der Waals surface area contributed by atoms with Gasteiger partial charge in [0.05, 0.1) is 11.5 Å². The summed E-state index contributed by atoms with van der Waals surface area (Å²) in [5.41, 5.74) is 7.39. The van der Waals surface area contributed by atoms with Gasteiger partial charge in [-0.1, -0.05) is 81.2 Å². The summed E-state index contributed by atoms with van der Waals surface area (Å²) in [7, 11) is 0. The average Bonchev–Trinajstić information content (AvgIpc) is 3.49. The van der Waals surface area contributed by atoms with E-state index in [1.54, 1.807) is 6.08 Å². The van der Waals surface area contributed by atoms with Gasteiger partial charge in [-0.3, -0.25) is 0 Å². The third-order valence-corrected chi connectivity index (χ3v) is 6.09. The standard InChI is InChI=1S/C27H31NS/c1-8-10-20(6)26(29)24-16-19(5)15-23(18(3)4)25(24)22(9-2)12-11-21(7)27(17-28)13-14-27/h8-12,15-16,18H,1,7,13-14H2,2-6H3/b12-11-,20-10-,22-9+. The van der Waals surface area contributed by atoms with Gasteiger partial charge >= 0.3 is 0 Å². The van der Waals surface area contributed by atoms with Crippen LogP contribution in [0.2, 0.25) is 0 Å². The molecule has 2 rings (SSSR count). The number of thiocarbonyl (C=S) groups is 1. The Bertz CT molecular complexity index is 973. The fraction of sp³-hybridized carbons (Fsp3) is 0.333. The van der Waals surface area contributed by atoms with E-state index in [-0.39, 0.29) is 5.41 Å². The van der Waals surface area contributed by atoms with E-state index in [0.717, 1.165) is 40.0 Å². The third-order valence-electron chi connectivity index (χ3n) is 5.55. The van der Waals surface area contributed by atoms with Crippen LogP contribution in [-0.4, -0.2) is 4.86 Å². The second-order valence-electron chi connectivity index (χ2n) is 8.14. The van der Waals surface area contributed by atoms with Crippen LogP contribution in [0.4, 0.5) is 0 Å². The van der Waals surface area contributed by atoms with Gasteiger partial charge in [0, 0.05) is 10.4 Å². The van der Waals surface area contributed by atoms with Crippen molar-refractivity contribution < 1.29 is 0 Å². The normalized spacial score (nSPS) is 16.0. The topological polar surface area (TPSA) is 23.8 Å². The van der Waals surface area contributed by atoms with Crippen LogP contribution in [0.5, 0.6) is 0 Å². The lowest BCUT2D eigenvalue weighted by Gasteiger charge is -2.21. The Labute approximate surface area is 181 Å². The highest BCUT2D eigenvalue weighted by molar-refractivity contribution is 7.81. The number of hydrogen-bond donors (Lipinski definition) is 0. The highest BCUT2D eigenvalue weighted by Gasteiger charge is 2.44. The van der Waals surface area contributed by atoms with Crippen LogP contribution in [0.1, 0.15) is 68.7 Å². The predicted octanol–water partition coefficient (Wildman–Crippen LogP) is 7.79. The molecular weight excluding hydrogens is 370 g/mol. The zero-order valence-electron chi connectivity index (χ0n) is 18.3. The SMILES string of the molecule is C=C/C=C(/C)C(=S)c1cc(C)cc(C(C)C)c1C(/C=C\C(=C)C1(C#N)CC1)=C/C. The Kier molecular flexibility index (Phi) is 7.33. The van der Waals surface area contributed by atoms with Gasteiger partial charge in [-0.05, 0) is 73.4 Å². The second kappa shape index (κ2) is 9.33. The summed E-state index contributed by atoms with van der Waals surface area (Å²) in [6.07, 6.45) is 11.8. The first-order valence-electron chi connectivity index (χ1n) is 10.1. The molecule has 0 bridgehead atoms. The number of allylic oxidation sites excluding steroid dienone is 8. The third kappa shape index (κ3) is 4.92. The van der Waals surface area contributed by atoms with E-state index in [0.29, 0.717) is 5.92 Å². The van der Waals surface area contributed by atoms with Gasteiger partial charge in [0.2, 0.25) is 0 Å². The van der Waals surface area contributed by atoms with Gasteiger partial charge < -0.3 is 0 Å². The average molecular weight is 402 g/mol. The van der Waals surface area contributed by atoms with E-state index >= 15 is 0 Å². The van der Waals surface area contributed by atoms with Crippen molar-refractivity contribution in [2.75, 3.05) is 0 Å². The van der Waals surface area contributed by atoms with Gasteiger partial charge in [-0.15, -0.1) is 0 Å². The van der Waals surface area contributed by atoms with Gasteiger partial charge in [0.15, 0.2) is 0 Å². The Hall–Kier alpha value is -2.50. The van der Waals surface area contributed by atoms with Gasteiger partial charge in [0.25, 0.3) is 0 Å². The minimum absolute atomic E-state index is 0.356. The van der Waals surface area contributed by atoms with Gasteiger partial charge in [0.1, 0.15) is 0 Å². The Morgan fingerprint density at radius 1 is 1.28 bits per heavy atom. The first-order chi connectivity index (χ1) is 13.7. The largest absolute Gasteiger partial charge is 0.197 e. The molecule has 0 unspecified atom stereocenters. The molecule has 0 atom stereocenters. The first kappa shape index (κ1) is 22.8. The van der Waals surface area contributed by atoms with Crippen molar-refractivity contribution in [1.29, 1.82) is 5.26 Å². The predicted molar refractivity (Wildman–Crippen MR) is 130 cm³/mol. The summed E-state index contributed by atoms with van der Waals surface area (Å²) in [4.78, 5) is 0.841. The summed E-state index contributed by atoms with van der Waals surface area (Å²) >= 11 is 5.86. The van der Waals surface area contributed by atoms with Crippen LogP contribution in [0.25, 0.3) is 5.57 Å². The van der Waals surface area contributed by atoms with E-state index in [1.807, 2.05) is 26.0 Å². The van der Waals surface area contributed by atoms with Crippen molar-refractivity contribution >= 4 is 22.7 Å². The molecule has 1 aromatic rings. The minimum atomic E-state index is -0.356. The molecular formula is C27H31NS. The lowest BCUT2D eigenvalue weighted by molar-refractivity contribution is 0.833. The number of rotatable bonds is 8. The maximum atomic E-state index is 9.45. The van der Waals surface area contributed by atoms with Crippen molar-refractivity contribution in [3.05, 3.63) is 89.1 Å². The molecule has 1 nitrogen and oxygen atoms in total. The maximum Gasteiger partial charge on any atom is 0.0818 e.